The molecule has 0 bridgehead atoms. The van der Waals surface area contributed by atoms with Crippen LogP contribution in [0.2, 0.25) is 0 Å². The zero-order valence-corrected chi connectivity index (χ0v) is 7.56. The Morgan fingerprint density at radius 3 is 2.50 bits per heavy atom. The van der Waals surface area contributed by atoms with E-state index in [-0.39, 0.29) is 12.2 Å². The van der Waals surface area contributed by atoms with Crippen LogP contribution in [0.25, 0.3) is 0 Å². The largest absolute Gasteiger partial charge is 0.388 e. The van der Waals surface area contributed by atoms with Crippen molar-refractivity contribution in [1.82, 2.24) is 0 Å². The van der Waals surface area contributed by atoms with Crippen molar-refractivity contribution in [3.05, 3.63) is 0 Å². The Hall–Kier alpha value is -0.120. The van der Waals surface area contributed by atoms with Crippen LogP contribution in [-0.4, -0.2) is 36.6 Å². The number of hydrogen-bond donors (Lipinski definition) is 1. The van der Waals surface area contributed by atoms with Crippen molar-refractivity contribution < 1.29 is 14.6 Å². The monoisotopic (exact) mass is 172 g/mol. The number of hydrogen-bond acceptors (Lipinski definition) is 3. The Morgan fingerprint density at radius 2 is 1.83 bits per heavy atom. The Bertz CT molecular complexity index is 169. The molecule has 0 aliphatic carbocycles. The van der Waals surface area contributed by atoms with Crippen LogP contribution in [-0.2, 0) is 9.47 Å². The third-order valence-corrected chi connectivity index (χ3v) is 2.92. The molecule has 2 saturated heterocycles. The van der Waals surface area contributed by atoms with Crippen LogP contribution in [0.4, 0.5) is 0 Å². The summed E-state index contributed by atoms with van der Waals surface area (Å²) in [6.07, 6.45) is -0.323. The third kappa shape index (κ3) is 1.16. The Balaban J connectivity index is 2.05. The van der Waals surface area contributed by atoms with Gasteiger partial charge in [-0.3, -0.25) is 0 Å². The molecule has 2 aliphatic rings. The van der Waals surface area contributed by atoms with Crippen molar-refractivity contribution in [1.29, 1.82) is 0 Å². The predicted molar refractivity (Wildman–Crippen MR) is 43.8 cm³/mol. The lowest BCUT2D eigenvalue weighted by atomic mass is 9.90. The third-order valence-electron chi connectivity index (χ3n) is 2.92. The molecule has 2 heterocycles. The van der Waals surface area contributed by atoms with Crippen LogP contribution >= 0.6 is 0 Å². The van der Waals surface area contributed by atoms with E-state index in [0.29, 0.717) is 18.4 Å². The highest BCUT2D eigenvalue weighted by Gasteiger charge is 2.47. The fourth-order valence-electron chi connectivity index (χ4n) is 2.08. The molecule has 12 heavy (non-hydrogen) atoms. The molecule has 0 aromatic rings. The minimum atomic E-state index is -0.404. The fraction of sp³-hybridized carbons (Fsp3) is 1.00. The van der Waals surface area contributed by atoms with Gasteiger partial charge in [-0.25, -0.2) is 0 Å². The second kappa shape index (κ2) is 2.98. The van der Waals surface area contributed by atoms with Gasteiger partial charge in [-0.05, 0) is 5.92 Å². The van der Waals surface area contributed by atoms with E-state index in [4.69, 9.17) is 9.47 Å². The van der Waals surface area contributed by atoms with Crippen molar-refractivity contribution in [2.75, 3.05) is 13.2 Å². The van der Waals surface area contributed by atoms with Gasteiger partial charge in [0.05, 0.1) is 19.3 Å². The average Bonchev–Trinajstić information content (AvgIpc) is 2.53. The average molecular weight is 172 g/mol. The van der Waals surface area contributed by atoms with Crippen LogP contribution in [0.1, 0.15) is 13.8 Å². The number of rotatable bonds is 1. The van der Waals surface area contributed by atoms with Crippen molar-refractivity contribution in [2.45, 2.75) is 32.2 Å². The predicted octanol–water partition coefficient (Wildman–Crippen LogP) is 0.417. The summed E-state index contributed by atoms with van der Waals surface area (Å²) in [5.41, 5.74) is 0. The maximum absolute atomic E-state index is 9.45. The standard InChI is InChI=1S/C9H16O3/c1-5(2)6-3-11-9-7(10)4-12-8(6)9/h5-10H,3-4H2,1-2H3/t6-,7-,8-,9-/m0/s1. The van der Waals surface area contributed by atoms with Crippen LogP contribution < -0.4 is 0 Å². The van der Waals surface area contributed by atoms with Crippen molar-refractivity contribution >= 4 is 0 Å². The zero-order chi connectivity index (χ0) is 8.72. The van der Waals surface area contributed by atoms with Crippen LogP contribution in [0.5, 0.6) is 0 Å². The summed E-state index contributed by atoms with van der Waals surface area (Å²) >= 11 is 0. The van der Waals surface area contributed by atoms with Crippen molar-refractivity contribution in [3.63, 3.8) is 0 Å². The lowest BCUT2D eigenvalue weighted by Gasteiger charge is -2.18. The minimum absolute atomic E-state index is 0.0580. The first-order valence-electron chi connectivity index (χ1n) is 4.61. The molecular weight excluding hydrogens is 156 g/mol. The summed E-state index contributed by atoms with van der Waals surface area (Å²) in [5.74, 6) is 1.04. The number of fused-ring (bicyclic) bond motifs is 1. The Morgan fingerprint density at radius 1 is 1.17 bits per heavy atom. The zero-order valence-electron chi connectivity index (χ0n) is 7.56. The molecule has 1 N–H and O–H groups in total. The topological polar surface area (TPSA) is 38.7 Å². The maximum atomic E-state index is 9.45. The van der Waals surface area contributed by atoms with Gasteiger partial charge in [0.1, 0.15) is 12.2 Å². The quantitative estimate of drug-likeness (QED) is 0.623. The molecule has 0 aromatic carbocycles. The summed E-state index contributed by atoms with van der Waals surface area (Å²) in [5, 5.41) is 9.45. The molecule has 2 fully saturated rings. The number of ether oxygens (including phenoxy) is 2. The van der Waals surface area contributed by atoms with Crippen LogP contribution in [0.15, 0.2) is 0 Å². The van der Waals surface area contributed by atoms with Gasteiger partial charge in [0.25, 0.3) is 0 Å². The first kappa shape index (κ1) is 8.48. The van der Waals surface area contributed by atoms with E-state index in [9.17, 15) is 5.11 Å². The van der Waals surface area contributed by atoms with E-state index >= 15 is 0 Å². The highest BCUT2D eigenvalue weighted by atomic mass is 16.6. The molecule has 0 saturated carbocycles. The SMILES string of the molecule is CC(C)[C@@H]1CO[C@@H]2[C@H]1OC[C@@H]2O. The van der Waals surface area contributed by atoms with Gasteiger partial charge in [0.15, 0.2) is 0 Å². The number of aliphatic hydroxyl groups excluding tert-OH is 1. The first-order valence-corrected chi connectivity index (χ1v) is 4.61. The summed E-state index contributed by atoms with van der Waals surface area (Å²) < 4.78 is 11.0. The Labute approximate surface area is 72.7 Å². The van der Waals surface area contributed by atoms with E-state index in [1.54, 1.807) is 0 Å². The second-order valence-electron chi connectivity index (χ2n) is 4.07. The molecule has 0 unspecified atom stereocenters. The van der Waals surface area contributed by atoms with E-state index in [1.165, 1.54) is 0 Å². The Kier molecular flexibility index (Phi) is 2.10. The molecule has 0 amide bonds. The lowest BCUT2D eigenvalue weighted by molar-refractivity contribution is 0.0153. The highest BCUT2D eigenvalue weighted by molar-refractivity contribution is 4.94. The van der Waals surface area contributed by atoms with Gasteiger partial charge in [-0.2, -0.15) is 0 Å². The molecule has 2 rings (SSSR count). The molecule has 2 aliphatic heterocycles. The first-order chi connectivity index (χ1) is 5.70. The summed E-state index contributed by atoms with van der Waals surface area (Å²) in [6, 6.07) is 0. The van der Waals surface area contributed by atoms with Crippen molar-refractivity contribution in [2.24, 2.45) is 11.8 Å². The number of aliphatic hydroxyl groups is 1. The molecule has 3 nitrogen and oxygen atoms in total. The van der Waals surface area contributed by atoms with E-state index in [2.05, 4.69) is 13.8 Å². The van der Waals surface area contributed by atoms with E-state index < -0.39 is 6.10 Å². The summed E-state index contributed by atoms with van der Waals surface area (Å²) in [4.78, 5) is 0. The molecule has 4 atom stereocenters. The lowest BCUT2D eigenvalue weighted by Crippen LogP contribution is -2.30. The molecule has 0 spiro atoms. The summed E-state index contributed by atoms with van der Waals surface area (Å²) in [7, 11) is 0. The summed E-state index contributed by atoms with van der Waals surface area (Å²) in [6.45, 7) is 5.53. The normalized spacial score (nSPS) is 47.0. The molecule has 0 radical (unpaired) electrons. The second-order valence-corrected chi connectivity index (χ2v) is 4.07. The van der Waals surface area contributed by atoms with Gasteiger partial charge in [0, 0.05) is 5.92 Å². The van der Waals surface area contributed by atoms with Gasteiger partial charge in [-0.15, -0.1) is 0 Å². The van der Waals surface area contributed by atoms with Gasteiger partial charge in [-0.1, -0.05) is 13.8 Å². The van der Waals surface area contributed by atoms with E-state index in [0.717, 1.165) is 6.61 Å². The highest BCUT2D eigenvalue weighted by Crippen LogP contribution is 2.34. The van der Waals surface area contributed by atoms with E-state index in [1.807, 2.05) is 0 Å². The van der Waals surface area contributed by atoms with Gasteiger partial charge in [0.2, 0.25) is 0 Å². The smallest absolute Gasteiger partial charge is 0.112 e. The van der Waals surface area contributed by atoms with Crippen LogP contribution in [0, 0.1) is 11.8 Å². The fourth-order valence-corrected chi connectivity index (χ4v) is 2.08. The maximum Gasteiger partial charge on any atom is 0.112 e. The molecule has 70 valence electrons. The molecule has 0 aromatic heterocycles. The van der Waals surface area contributed by atoms with Crippen LogP contribution in [0.3, 0.4) is 0 Å². The molecular formula is C9H16O3. The molecule has 3 heteroatoms. The van der Waals surface area contributed by atoms with Crippen molar-refractivity contribution in [3.8, 4) is 0 Å². The minimum Gasteiger partial charge on any atom is -0.388 e. The van der Waals surface area contributed by atoms with Gasteiger partial charge < -0.3 is 14.6 Å². The van der Waals surface area contributed by atoms with Gasteiger partial charge >= 0.3 is 0 Å².